The fourth-order valence-electron chi connectivity index (χ4n) is 1.62. The molecule has 5 nitrogen and oxygen atoms in total. The van der Waals surface area contributed by atoms with Crippen molar-refractivity contribution in [3.8, 4) is 0 Å². The third kappa shape index (κ3) is 2.21. The molecule has 6 heteroatoms. The Hall–Kier alpha value is -1.43. The van der Waals surface area contributed by atoms with E-state index in [2.05, 4.69) is 22.2 Å². The highest BCUT2D eigenvalue weighted by atomic mass is 32.1. The smallest absolute Gasteiger partial charge is 0.195 e. The Bertz CT molecular complexity index is 521. The molecule has 0 spiro atoms. The zero-order chi connectivity index (χ0) is 11.5. The highest BCUT2D eigenvalue weighted by Gasteiger charge is 2.06. The SMILES string of the molecule is CCCn1c(Cn2cc(C)cn2)n[nH]c1=S. The highest BCUT2D eigenvalue weighted by Crippen LogP contribution is 2.03. The minimum atomic E-state index is 0.654. The normalized spacial score (nSPS) is 10.9. The molecule has 86 valence electrons. The Morgan fingerprint density at radius 1 is 1.50 bits per heavy atom. The Kier molecular flexibility index (Phi) is 3.19. The number of aromatic nitrogens is 5. The number of hydrogen-bond donors (Lipinski definition) is 1. The van der Waals surface area contributed by atoms with Crippen molar-refractivity contribution in [2.75, 3.05) is 0 Å². The molecule has 0 aliphatic heterocycles. The molecule has 1 N–H and O–H groups in total. The van der Waals surface area contributed by atoms with Crippen molar-refractivity contribution in [2.45, 2.75) is 33.4 Å². The van der Waals surface area contributed by atoms with E-state index < -0.39 is 0 Å². The first kappa shape index (κ1) is 11.1. The van der Waals surface area contributed by atoms with Gasteiger partial charge in [0.2, 0.25) is 0 Å². The van der Waals surface area contributed by atoms with Crippen molar-refractivity contribution in [1.29, 1.82) is 0 Å². The number of aryl methyl sites for hydroxylation is 1. The van der Waals surface area contributed by atoms with Gasteiger partial charge in [-0.25, -0.2) is 0 Å². The van der Waals surface area contributed by atoms with Crippen LogP contribution in [-0.4, -0.2) is 24.5 Å². The van der Waals surface area contributed by atoms with E-state index in [4.69, 9.17) is 12.2 Å². The monoisotopic (exact) mass is 237 g/mol. The molecule has 0 radical (unpaired) electrons. The van der Waals surface area contributed by atoms with Gasteiger partial charge in [-0.1, -0.05) is 6.92 Å². The van der Waals surface area contributed by atoms with Gasteiger partial charge < -0.3 is 4.57 Å². The molecule has 0 aliphatic rings. The van der Waals surface area contributed by atoms with E-state index in [-0.39, 0.29) is 0 Å². The van der Waals surface area contributed by atoms with E-state index in [9.17, 15) is 0 Å². The molecule has 0 aromatic carbocycles. The zero-order valence-corrected chi connectivity index (χ0v) is 10.3. The maximum absolute atomic E-state index is 5.17. The van der Waals surface area contributed by atoms with Crippen LogP contribution in [0, 0.1) is 11.7 Å². The van der Waals surface area contributed by atoms with E-state index in [0.717, 1.165) is 24.4 Å². The molecule has 2 heterocycles. The standard InChI is InChI=1S/C10H15N5S/c1-3-4-15-9(12-13-10(15)16)7-14-6-8(2)5-11-14/h5-6H,3-4,7H2,1-2H3,(H,13,16). The summed E-state index contributed by atoms with van der Waals surface area (Å²) in [5, 5.41) is 11.3. The van der Waals surface area contributed by atoms with Crippen LogP contribution >= 0.6 is 12.2 Å². The topological polar surface area (TPSA) is 51.4 Å². The third-order valence-corrected chi connectivity index (χ3v) is 2.66. The van der Waals surface area contributed by atoms with Crippen LogP contribution in [0.4, 0.5) is 0 Å². The lowest BCUT2D eigenvalue weighted by molar-refractivity contribution is 0.580. The van der Waals surface area contributed by atoms with E-state index in [1.165, 1.54) is 0 Å². The fraction of sp³-hybridized carbons (Fsp3) is 0.500. The van der Waals surface area contributed by atoms with Gasteiger partial charge in [0.25, 0.3) is 0 Å². The molecule has 0 fully saturated rings. The average Bonchev–Trinajstić information content (AvgIpc) is 2.79. The second kappa shape index (κ2) is 4.61. The van der Waals surface area contributed by atoms with Crippen molar-refractivity contribution in [2.24, 2.45) is 0 Å². The van der Waals surface area contributed by atoms with Gasteiger partial charge in [-0.2, -0.15) is 10.2 Å². The quantitative estimate of drug-likeness (QED) is 0.826. The lowest BCUT2D eigenvalue weighted by atomic mass is 10.4. The van der Waals surface area contributed by atoms with Crippen LogP contribution in [-0.2, 0) is 13.1 Å². The second-order valence-electron chi connectivity index (χ2n) is 3.81. The lowest BCUT2D eigenvalue weighted by Gasteiger charge is -2.04. The van der Waals surface area contributed by atoms with E-state index in [0.29, 0.717) is 11.3 Å². The zero-order valence-electron chi connectivity index (χ0n) is 9.47. The number of nitrogens with one attached hydrogen (secondary N) is 1. The van der Waals surface area contributed by atoms with E-state index >= 15 is 0 Å². The summed E-state index contributed by atoms with van der Waals surface area (Å²) < 4.78 is 4.57. The first-order valence-corrected chi connectivity index (χ1v) is 5.74. The maximum atomic E-state index is 5.17. The number of rotatable bonds is 4. The largest absolute Gasteiger partial charge is 0.303 e. The first-order chi connectivity index (χ1) is 7.70. The molecule has 0 aliphatic carbocycles. The van der Waals surface area contributed by atoms with Crippen LogP contribution in [0.1, 0.15) is 24.7 Å². The average molecular weight is 237 g/mol. The highest BCUT2D eigenvalue weighted by molar-refractivity contribution is 7.71. The van der Waals surface area contributed by atoms with Crippen LogP contribution in [0.5, 0.6) is 0 Å². The summed E-state index contributed by atoms with van der Waals surface area (Å²) in [5.41, 5.74) is 1.15. The van der Waals surface area contributed by atoms with E-state index in [1.54, 1.807) is 0 Å². The Morgan fingerprint density at radius 3 is 2.94 bits per heavy atom. The first-order valence-electron chi connectivity index (χ1n) is 5.34. The van der Waals surface area contributed by atoms with Gasteiger partial charge in [0.05, 0.1) is 6.20 Å². The van der Waals surface area contributed by atoms with E-state index in [1.807, 2.05) is 28.6 Å². The van der Waals surface area contributed by atoms with Crippen LogP contribution in [0.15, 0.2) is 12.4 Å². The number of nitrogens with zero attached hydrogens (tertiary/aromatic N) is 4. The summed E-state index contributed by atoms with van der Waals surface area (Å²) in [6.45, 7) is 5.69. The molecule has 0 bridgehead atoms. The Labute approximate surface area is 99.1 Å². The molecule has 16 heavy (non-hydrogen) atoms. The van der Waals surface area contributed by atoms with Crippen LogP contribution in [0.3, 0.4) is 0 Å². The van der Waals surface area contributed by atoms with Gasteiger partial charge in [0.15, 0.2) is 10.6 Å². The summed E-state index contributed by atoms with van der Waals surface area (Å²) in [6.07, 6.45) is 4.87. The van der Waals surface area contributed by atoms with Crippen LogP contribution in [0.2, 0.25) is 0 Å². The lowest BCUT2D eigenvalue weighted by Crippen LogP contribution is -2.09. The van der Waals surface area contributed by atoms with Gasteiger partial charge in [-0.05, 0) is 31.1 Å². The van der Waals surface area contributed by atoms with Gasteiger partial charge in [-0.15, -0.1) is 0 Å². The third-order valence-electron chi connectivity index (χ3n) is 2.35. The van der Waals surface area contributed by atoms with Gasteiger partial charge in [0.1, 0.15) is 6.54 Å². The molecule has 2 rings (SSSR count). The minimum Gasteiger partial charge on any atom is -0.303 e. The maximum Gasteiger partial charge on any atom is 0.195 e. The molecule has 0 atom stereocenters. The fourth-order valence-corrected chi connectivity index (χ4v) is 1.87. The van der Waals surface area contributed by atoms with Crippen LogP contribution < -0.4 is 0 Å². The summed E-state index contributed by atoms with van der Waals surface area (Å²) in [4.78, 5) is 0. The number of hydrogen-bond acceptors (Lipinski definition) is 3. The van der Waals surface area contributed by atoms with Crippen molar-refractivity contribution in [3.63, 3.8) is 0 Å². The number of aromatic amines is 1. The molecule has 0 saturated heterocycles. The summed E-state index contributed by atoms with van der Waals surface area (Å²) in [6, 6.07) is 0. The molecule has 2 aromatic rings. The summed E-state index contributed by atoms with van der Waals surface area (Å²) in [7, 11) is 0. The molecular weight excluding hydrogens is 222 g/mol. The van der Waals surface area contributed by atoms with Gasteiger partial charge in [-0.3, -0.25) is 9.78 Å². The van der Waals surface area contributed by atoms with Crippen LogP contribution in [0.25, 0.3) is 0 Å². The van der Waals surface area contributed by atoms with Crippen molar-refractivity contribution < 1.29 is 0 Å². The molecule has 0 unspecified atom stereocenters. The molecular formula is C10H15N5S. The van der Waals surface area contributed by atoms with Crippen molar-refractivity contribution in [1.82, 2.24) is 24.5 Å². The summed E-state index contributed by atoms with van der Waals surface area (Å²) in [5.74, 6) is 0.926. The Morgan fingerprint density at radius 2 is 2.31 bits per heavy atom. The second-order valence-corrected chi connectivity index (χ2v) is 4.20. The minimum absolute atomic E-state index is 0.654. The predicted molar refractivity (Wildman–Crippen MR) is 63.8 cm³/mol. The molecule has 0 saturated carbocycles. The Balaban J connectivity index is 2.24. The van der Waals surface area contributed by atoms with Crippen molar-refractivity contribution >= 4 is 12.2 Å². The van der Waals surface area contributed by atoms with Gasteiger partial charge >= 0.3 is 0 Å². The summed E-state index contributed by atoms with van der Waals surface area (Å²) >= 11 is 5.17. The predicted octanol–water partition coefficient (Wildman–Crippen LogP) is 1.90. The van der Waals surface area contributed by atoms with Gasteiger partial charge in [0, 0.05) is 12.7 Å². The van der Waals surface area contributed by atoms with Crippen molar-refractivity contribution in [3.05, 3.63) is 28.6 Å². The number of H-pyrrole nitrogens is 1. The molecule has 2 aromatic heterocycles. The molecule has 0 amide bonds.